The SMILES string of the molecule is CSc1nccc(N2CCCC(N3CCOCC3)C2)n1. The van der Waals surface area contributed by atoms with Crippen molar-refractivity contribution < 1.29 is 4.74 Å². The number of hydrogen-bond acceptors (Lipinski definition) is 6. The Kier molecular flexibility index (Phi) is 4.75. The fourth-order valence-electron chi connectivity index (χ4n) is 3.01. The Bertz CT molecular complexity index is 439. The van der Waals surface area contributed by atoms with Crippen LogP contribution in [0.1, 0.15) is 12.8 Å². The third-order valence-electron chi connectivity index (χ3n) is 4.08. The molecule has 1 aromatic rings. The van der Waals surface area contributed by atoms with E-state index in [0.717, 1.165) is 50.4 Å². The Hall–Kier alpha value is -0.850. The van der Waals surface area contributed by atoms with Gasteiger partial charge < -0.3 is 9.64 Å². The lowest BCUT2D eigenvalue weighted by Crippen LogP contribution is -2.51. The Morgan fingerprint density at radius 2 is 2.15 bits per heavy atom. The molecule has 1 unspecified atom stereocenters. The average molecular weight is 294 g/mol. The minimum absolute atomic E-state index is 0.639. The van der Waals surface area contributed by atoms with Crippen molar-refractivity contribution in [2.75, 3.05) is 50.5 Å². The number of anilines is 1. The summed E-state index contributed by atoms with van der Waals surface area (Å²) in [5.74, 6) is 1.07. The summed E-state index contributed by atoms with van der Waals surface area (Å²) in [5.41, 5.74) is 0. The Labute approximate surface area is 124 Å². The first kappa shape index (κ1) is 14.1. The van der Waals surface area contributed by atoms with Crippen LogP contribution in [0.5, 0.6) is 0 Å². The molecule has 3 rings (SSSR count). The first-order chi connectivity index (χ1) is 9.86. The van der Waals surface area contributed by atoms with Crippen LogP contribution in [0, 0.1) is 0 Å². The molecule has 0 amide bonds. The topological polar surface area (TPSA) is 41.5 Å². The summed E-state index contributed by atoms with van der Waals surface area (Å²) in [6.45, 7) is 6.06. The number of thioether (sulfide) groups is 1. The molecule has 1 atom stereocenters. The quantitative estimate of drug-likeness (QED) is 0.621. The van der Waals surface area contributed by atoms with Crippen molar-refractivity contribution in [1.29, 1.82) is 0 Å². The van der Waals surface area contributed by atoms with Crippen molar-refractivity contribution in [2.45, 2.75) is 24.0 Å². The molecular weight excluding hydrogens is 272 g/mol. The second-order valence-corrected chi connectivity index (χ2v) is 6.07. The van der Waals surface area contributed by atoms with E-state index in [-0.39, 0.29) is 0 Å². The van der Waals surface area contributed by atoms with E-state index in [9.17, 15) is 0 Å². The van der Waals surface area contributed by atoms with Crippen molar-refractivity contribution in [2.24, 2.45) is 0 Å². The van der Waals surface area contributed by atoms with Crippen molar-refractivity contribution >= 4 is 17.6 Å². The molecule has 0 saturated carbocycles. The molecule has 2 fully saturated rings. The van der Waals surface area contributed by atoms with Crippen LogP contribution < -0.4 is 4.90 Å². The summed E-state index contributed by atoms with van der Waals surface area (Å²) in [4.78, 5) is 13.9. The highest BCUT2D eigenvalue weighted by molar-refractivity contribution is 7.98. The van der Waals surface area contributed by atoms with Gasteiger partial charge in [0.1, 0.15) is 5.82 Å². The second-order valence-electron chi connectivity index (χ2n) is 5.29. The molecule has 2 aliphatic heterocycles. The van der Waals surface area contributed by atoms with Gasteiger partial charge in [-0.1, -0.05) is 11.8 Å². The lowest BCUT2D eigenvalue weighted by atomic mass is 10.0. The minimum Gasteiger partial charge on any atom is -0.379 e. The highest BCUT2D eigenvalue weighted by Crippen LogP contribution is 2.22. The number of morpholine rings is 1. The van der Waals surface area contributed by atoms with Crippen molar-refractivity contribution in [3.05, 3.63) is 12.3 Å². The van der Waals surface area contributed by atoms with Gasteiger partial charge in [-0.25, -0.2) is 9.97 Å². The molecule has 20 heavy (non-hydrogen) atoms. The molecule has 110 valence electrons. The van der Waals surface area contributed by atoms with Crippen LogP contribution in [-0.2, 0) is 4.74 Å². The lowest BCUT2D eigenvalue weighted by Gasteiger charge is -2.41. The van der Waals surface area contributed by atoms with Crippen LogP contribution in [0.15, 0.2) is 17.4 Å². The first-order valence-electron chi connectivity index (χ1n) is 7.30. The molecule has 3 heterocycles. The van der Waals surface area contributed by atoms with E-state index < -0.39 is 0 Å². The Balaban J connectivity index is 1.67. The number of piperidine rings is 1. The summed E-state index contributed by atoms with van der Waals surface area (Å²) >= 11 is 1.60. The van der Waals surface area contributed by atoms with Gasteiger partial charge in [0.15, 0.2) is 5.16 Å². The van der Waals surface area contributed by atoms with Gasteiger partial charge in [-0.15, -0.1) is 0 Å². The average Bonchev–Trinajstić information content (AvgIpc) is 2.56. The zero-order valence-electron chi connectivity index (χ0n) is 12.0. The van der Waals surface area contributed by atoms with Crippen LogP contribution in [0.2, 0.25) is 0 Å². The molecule has 0 aromatic carbocycles. The van der Waals surface area contributed by atoms with E-state index in [0.29, 0.717) is 6.04 Å². The number of aromatic nitrogens is 2. The number of hydrogen-bond donors (Lipinski definition) is 0. The molecule has 6 heteroatoms. The maximum absolute atomic E-state index is 5.45. The normalized spacial score (nSPS) is 24.9. The summed E-state index contributed by atoms with van der Waals surface area (Å²) in [6.07, 6.45) is 6.41. The zero-order chi connectivity index (χ0) is 13.8. The maximum atomic E-state index is 5.45. The smallest absolute Gasteiger partial charge is 0.189 e. The largest absolute Gasteiger partial charge is 0.379 e. The molecule has 2 saturated heterocycles. The van der Waals surface area contributed by atoms with Gasteiger partial charge in [-0.2, -0.15) is 0 Å². The zero-order valence-corrected chi connectivity index (χ0v) is 12.8. The maximum Gasteiger partial charge on any atom is 0.189 e. The third kappa shape index (κ3) is 3.24. The highest BCUT2D eigenvalue weighted by Gasteiger charge is 2.27. The molecule has 0 N–H and O–H groups in total. The van der Waals surface area contributed by atoms with Crippen LogP contribution in [-0.4, -0.2) is 66.6 Å². The highest BCUT2D eigenvalue weighted by atomic mass is 32.2. The molecule has 0 aliphatic carbocycles. The van der Waals surface area contributed by atoms with E-state index in [1.807, 2.05) is 18.5 Å². The van der Waals surface area contributed by atoms with Gasteiger partial charge in [0.05, 0.1) is 13.2 Å². The van der Waals surface area contributed by atoms with Crippen LogP contribution in [0.4, 0.5) is 5.82 Å². The molecule has 2 aliphatic rings. The van der Waals surface area contributed by atoms with E-state index in [4.69, 9.17) is 4.74 Å². The van der Waals surface area contributed by atoms with Gasteiger partial charge in [0, 0.05) is 38.4 Å². The standard InChI is InChI=1S/C14H22N4OS/c1-20-14-15-5-4-13(16-14)18-6-2-3-12(11-18)17-7-9-19-10-8-17/h4-5,12H,2-3,6-11H2,1H3. The first-order valence-corrected chi connectivity index (χ1v) is 8.53. The molecule has 0 radical (unpaired) electrons. The molecule has 0 bridgehead atoms. The summed E-state index contributed by atoms with van der Waals surface area (Å²) in [7, 11) is 0. The fourth-order valence-corrected chi connectivity index (χ4v) is 3.36. The van der Waals surface area contributed by atoms with E-state index >= 15 is 0 Å². The molecule has 5 nitrogen and oxygen atoms in total. The second kappa shape index (κ2) is 6.74. The summed E-state index contributed by atoms with van der Waals surface area (Å²) in [6, 6.07) is 2.67. The Morgan fingerprint density at radius 3 is 2.95 bits per heavy atom. The lowest BCUT2D eigenvalue weighted by molar-refractivity contribution is 0.0137. The number of nitrogens with zero attached hydrogens (tertiary/aromatic N) is 4. The molecular formula is C14H22N4OS. The molecule has 1 aromatic heterocycles. The predicted molar refractivity (Wildman–Crippen MR) is 81.4 cm³/mol. The minimum atomic E-state index is 0.639. The number of rotatable bonds is 3. The molecule has 0 spiro atoms. The van der Waals surface area contributed by atoms with Crippen molar-refractivity contribution in [3.8, 4) is 0 Å². The van der Waals surface area contributed by atoms with Crippen molar-refractivity contribution in [3.63, 3.8) is 0 Å². The summed E-state index contributed by atoms with van der Waals surface area (Å²) in [5, 5.41) is 0.857. The van der Waals surface area contributed by atoms with E-state index in [1.165, 1.54) is 12.8 Å². The van der Waals surface area contributed by atoms with Crippen LogP contribution >= 0.6 is 11.8 Å². The fraction of sp³-hybridized carbons (Fsp3) is 0.714. The predicted octanol–water partition coefficient (Wildman–Crippen LogP) is 1.50. The van der Waals surface area contributed by atoms with Gasteiger partial charge in [0.2, 0.25) is 0 Å². The van der Waals surface area contributed by atoms with Crippen LogP contribution in [0.25, 0.3) is 0 Å². The van der Waals surface area contributed by atoms with Crippen molar-refractivity contribution in [1.82, 2.24) is 14.9 Å². The van der Waals surface area contributed by atoms with Crippen LogP contribution in [0.3, 0.4) is 0 Å². The van der Waals surface area contributed by atoms with E-state index in [2.05, 4.69) is 19.8 Å². The summed E-state index contributed by atoms with van der Waals surface area (Å²) < 4.78 is 5.45. The van der Waals surface area contributed by atoms with E-state index in [1.54, 1.807) is 11.8 Å². The van der Waals surface area contributed by atoms with Gasteiger partial charge in [-0.3, -0.25) is 4.90 Å². The number of ether oxygens (including phenoxy) is 1. The Morgan fingerprint density at radius 1 is 1.30 bits per heavy atom. The monoisotopic (exact) mass is 294 g/mol. The third-order valence-corrected chi connectivity index (χ3v) is 4.65. The van der Waals surface area contributed by atoms with Gasteiger partial charge in [0.25, 0.3) is 0 Å². The van der Waals surface area contributed by atoms with Gasteiger partial charge in [-0.05, 0) is 25.2 Å². The van der Waals surface area contributed by atoms with Gasteiger partial charge >= 0.3 is 0 Å².